The van der Waals surface area contributed by atoms with Crippen LogP contribution in [0.2, 0.25) is 0 Å². The summed E-state index contributed by atoms with van der Waals surface area (Å²) < 4.78 is 4.30. The maximum atomic E-state index is 10.2. The summed E-state index contributed by atoms with van der Waals surface area (Å²) >= 11 is 0. The van der Waals surface area contributed by atoms with E-state index in [9.17, 15) is 4.79 Å². The number of benzene rings is 1. The number of halogens is 1. The monoisotopic (exact) mass is 404 g/mol. The van der Waals surface area contributed by atoms with Gasteiger partial charge in [0.25, 0.3) is 0 Å². The Labute approximate surface area is 166 Å². The summed E-state index contributed by atoms with van der Waals surface area (Å²) in [7, 11) is 8.93. The van der Waals surface area contributed by atoms with E-state index in [0.29, 0.717) is 6.04 Å². The van der Waals surface area contributed by atoms with Crippen molar-refractivity contribution in [3.8, 4) is 0 Å². The molecule has 22 heavy (non-hydrogen) atoms. The third-order valence-electron chi connectivity index (χ3n) is 3.26. The van der Waals surface area contributed by atoms with Gasteiger partial charge in [0.15, 0.2) is 0 Å². The van der Waals surface area contributed by atoms with Gasteiger partial charge in [0.05, 0.1) is 7.11 Å². The van der Waals surface area contributed by atoms with Crippen molar-refractivity contribution in [1.29, 1.82) is 0 Å². The Balaban J connectivity index is -0.000000323. The molecule has 1 unspecified atom stereocenters. The van der Waals surface area contributed by atoms with Crippen molar-refractivity contribution in [2.75, 3.05) is 35.3 Å². The maximum Gasteiger partial charge on any atom is 0.408 e. The molecule has 0 spiro atoms. The Morgan fingerprint density at radius 3 is 2.14 bits per heavy atom. The van der Waals surface area contributed by atoms with Crippen LogP contribution in [0.15, 0.2) is 24.3 Å². The SMILES string of the molecule is CN(C)C1CCc2ccccc21.COC(=O)N(C)C.Cl.[CH3-].[Y]. The van der Waals surface area contributed by atoms with E-state index >= 15 is 0 Å². The number of hydrogen-bond acceptors (Lipinski definition) is 3. The number of carbonyl (C=O) groups excluding carboxylic acids is 1. The van der Waals surface area contributed by atoms with Gasteiger partial charge in [0, 0.05) is 52.8 Å². The number of hydrogen-bond donors (Lipinski definition) is 0. The minimum Gasteiger partial charge on any atom is -0.453 e. The first-order chi connectivity index (χ1) is 8.97. The first kappa shape index (κ1) is 26.7. The minimum absolute atomic E-state index is 0. The second kappa shape index (κ2) is 13.3. The van der Waals surface area contributed by atoms with Crippen LogP contribution in [0.5, 0.6) is 0 Å². The molecule has 6 heteroatoms. The molecule has 4 nitrogen and oxygen atoms in total. The molecular weight excluding hydrogens is 377 g/mol. The molecule has 1 amide bonds. The topological polar surface area (TPSA) is 32.8 Å². The van der Waals surface area contributed by atoms with Crippen LogP contribution < -0.4 is 0 Å². The van der Waals surface area contributed by atoms with Crippen LogP contribution in [0.4, 0.5) is 4.79 Å². The molecule has 0 aliphatic heterocycles. The Kier molecular flexibility index (Phi) is 16.2. The van der Waals surface area contributed by atoms with Crippen molar-refractivity contribution in [3.63, 3.8) is 0 Å². The summed E-state index contributed by atoms with van der Waals surface area (Å²) in [6, 6.07) is 9.44. The van der Waals surface area contributed by atoms with Gasteiger partial charge in [-0.2, -0.15) is 0 Å². The number of amides is 1. The Morgan fingerprint density at radius 2 is 1.73 bits per heavy atom. The predicted molar refractivity (Wildman–Crippen MR) is 90.9 cm³/mol. The van der Waals surface area contributed by atoms with E-state index < -0.39 is 0 Å². The standard InChI is InChI=1S/C11H15N.C4H9NO2.CH3.ClH.Y/c1-12(2)11-8-7-9-5-3-4-6-10(9)11;1-5(2)4(6)7-3;;;/h3-6,11H,7-8H2,1-2H3;1-3H3;1H3;1H;/q;;-1;;. The van der Waals surface area contributed by atoms with Gasteiger partial charge >= 0.3 is 6.09 Å². The van der Waals surface area contributed by atoms with Gasteiger partial charge in [0.2, 0.25) is 0 Å². The molecule has 125 valence electrons. The number of fused-ring (bicyclic) bond motifs is 1. The van der Waals surface area contributed by atoms with Gasteiger partial charge in [-0.1, -0.05) is 24.3 Å². The number of carbonyl (C=O) groups is 1. The third-order valence-corrected chi connectivity index (χ3v) is 3.26. The summed E-state index contributed by atoms with van der Waals surface area (Å²) in [5.41, 5.74) is 3.07. The van der Waals surface area contributed by atoms with E-state index in [1.54, 1.807) is 14.1 Å². The summed E-state index contributed by atoms with van der Waals surface area (Å²) in [6.07, 6.45) is 2.21. The zero-order valence-corrected chi connectivity index (χ0v) is 18.2. The van der Waals surface area contributed by atoms with Crippen LogP contribution in [-0.4, -0.2) is 51.2 Å². The van der Waals surface area contributed by atoms with Crippen molar-refractivity contribution in [1.82, 2.24) is 9.80 Å². The average molecular weight is 405 g/mol. The van der Waals surface area contributed by atoms with Gasteiger partial charge in [-0.3, -0.25) is 0 Å². The molecule has 1 aromatic carbocycles. The first-order valence-corrected chi connectivity index (χ1v) is 6.46. The Hall–Kier alpha value is -0.156. The molecule has 0 saturated carbocycles. The second-order valence-electron chi connectivity index (χ2n) is 5.08. The molecule has 1 radical (unpaired) electrons. The molecule has 0 N–H and O–H groups in total. The maximum absolute atomic E-state index is 10.2. The van der Waals surface area contributed by atoms with E-state index in [0.717, 1.165) is 0 Å². The minimum atomic E-state index is -0.319. The molecule has 0 fully saturated rings. The van der Waals surface area contributed by atoms with Crippen LogP contribution in [0.1, 0.15) is 23.6 Å². The van der Waals surface area contributed by atoms with Crippen molar-refractivity contribution in [2.24, 2.45) is 0 Å². The van der Waals surface area contributed by atoms with Crippen LogP contribution in [0.25, 0.3) is 0 Å². The van der Waals surface area contributed by atoms with Gasteiger partial charge < -0.3 is 22.0 Å². The van der Waals surface area contributed by atoms with E-state index in [1.807, 2.05) is 0 Å². The number of rotatable bonds is 1. The smallest absolute Gasteiger partial charge is 0.408 e. The molecular formula is C16H28ClN2O2Y-. The number of aryl methyl sites for hydroxylation is 1. The molecule has 0 heterocycles. The van der Waals surface area contributed by atoms with Gasteiger partial charge in [-0.25, -0.2) is 4.79 Å². The third kappa shape index (κ3) is 7.91. The zero-order chi connectivity index (χ0) is 14.4. The van der Waals surface area contributed by atoms with Crippen LogP contribution >= 0.6 is 12.4 Å². The number of nitrogens with zero attached hydrogens (tertiary/aromatic N) is 2. The van der Waals surface area contributed by atoms with Crippen LogP contribution in [0, 0.1) is 7.43 Å². The Morgan fingerprint density at radius 1 is 1.18 bits per heavy atom. The predicted octanol–water partition coefficient (Wildman–Crippen LogP) is 3.42. The molecule has 1 aliphatic carbocycles. The molecule has 0 aromatic heterocycles. The fraction of sp³-hybridized carbons (Fsp3) is 0.500. The number of ether oxygens (including phenoxy) is 1. The van der Waals surface area contributed by atoms with Crippen molar-refractivity contribution >= 4 is 18.5 Å². The van der Waals surface area contributed by atoms with E-state index in [4.69, 9.17) is 0 Å². The van der Waals surface area contributed by atoms with E-state index in [-0.39, 0.29) is 58.6 Å². The summed E-state index contributed by atoms with van der Waals surface area (Å²) in [5, 5.41) is 0. The van der Waals surface area contributed by atoms with Crippen LogP contribution in [0.3, 0.4) is 0 Å². The second-order valence-corrected chi connectivity index (χ2v) is 5.08. The average Bonchev–Trinajstić information content (AvgIpc) is 2.82. The van der Waals surface area contributed by atoms with E-state index in [1.165, 1.54) is 36.0 Å². The fourth-order valence-electron chi connectivity index (χ4n) is 2.25. The first-order valence-electron chi connectivity index (χ1n) is 6.46. The molecule has 1 aliphatic rings. The normalized spacial score (nSPS) is 14.2. The van der Waals surface area contributed by atoms with Crippen molar-refractivity contribution < 1.29 is 42.2 Å². The molecule has 1 atom stereocenters. The molecule has 0 saturated heterocycles. The van der Waals surface area contributed by atoms with Gasteiger partial charge in [0.1, 0.15) is 0 Å². The Bertz CT molecular complexity index is 428. The quantitative estimate of drug-likeness (QED) is 0.672. The molecule has 0 bridgehead atoms. The largest absolute Gasteiger partial charge is 0.453 e. The summed E-state index contributed by atoms with van der Waals surface area (Å²) in [5.74, 6) is 0. The fourth-order valence-corrected chi connectivity index (χ4v) is 2.25. The summed E-state index contributed by atoms with van der Waals surface area (Å²) in [4.78, 5) is 13.9. The van der Waals surface area contributed by atoms with E-state index in [2.05, 4.69) is 48.0 Å². The molecule has 2 rings (SSSR count). The van der Waals surface area contributed by atoms with Gasteiger partial charge in [-0.05, 0) is 38.1 Å². The van der Waals surface area contributed by atoms with Crippen molar-refractivity contribution in [2.45, 2.75) is 18.9 Å². The molecule has 1 aromatic rings. The zero-order valence-electron chi connectivity index (χ0n) is 14.5. The van der Waals surface area contributed by atoms with Crippen LogP contribution in [-0.2, 0) is 43.9 Å². The summed E-state index contributed by atoms with van der Waals surface area (Å²) in [6.45, 7) is 0. The number of methoxy groups -OCH3 is 1. The van der Waals surface area contributed by atoms with Gasteiger partial charge in [-0.15, -0.1) is 12.4 Å². The van der Waals surface area contributed by atoms with Crippen molar-refractivity contribution in [3.05, 3.63) is 42.8 Å².